The molecule has 0 radical (unpaired) electrons. The van der Waals surface area contributed by atoms with Gasteiger partial charge in [-0.3, -0.25) is 0 Å². The number of aromatic nitrogens is 2. The Bertz CT molecular complexity index is 583. The van der Waals surface area contributed by atoms with E-state index in [1.54, 1.807) is 19.1 Å². The number of nitrogens with zero attached hydrogens (tertiary/aromatic N) is 2. The molecular formula is C11H10BrN3O3. The van der Waals surface area contributed by atoms with Crippen LogP contribution in [0.2, 0.25) is 0 Å². The van der Waals surface area contributed by atoms with Gasteiger partial charge in [-0.2, -0.15) is 4.98 Å². The number of carboxylic acid groups (broad SMARTS) is 1. The van der Waals surface area contributed by atoms with Crippen LogP contribution in [0.1, 0.15) is 22.1 Å². The van der Waals surface area contributed by atoms with Gasteiger partial charge < -0.3 is 14.9 Å². The van der Waals surface area contributed by atoms with E-state index in [4.69, 9.17) is 9.63 Å². The highest BCUT2D eigenvalue weighted by molar-refractivity contribution is 9.10. The van der Waals surface area contributed by atoms with Gasteiger partial charge >= 0.3 is 5.97 Å². The molecule has 94 valence electrons. The van der Waals surface area contributed by atoms with Gasteiger partial charge in [-0.1, -0.05) is 21.1 Å². The Balaban J connectivity index is 2.16. The van der Waals surface area contributed by atoms with Crippen LogP contribution >= 0.6 is 15.9 Å². The Morgan fingerprint density at radius 3 is 2.94 bits per heavy atom. The first-order valence-electron chi connectivity index (χ1n) is 5.12. The Labute approximate surface area is 111 Å². The van der Waals surface area contributed by atoms with Gasteiger partial charge in [-0.05, 0) is 18.2 Å². The summed E-state index contributed by atoms with van der Waals surface area (Å²) in [6.07, 6.45) is 0. The minimum absolute atomic E-state index is 0.185. The summed E-state index contributed by atoms with van der Waals surface area (Å²) in [6, 6.07) is 4.98. The number of hydrogen-bond donors (Lipinski definition) is 2. The first-order valence-corrected chi connectivity index (χ1v) is 5.91. The van der Waals surface area contributed by atoms with Crippen LogP contribution in [-0.2, 0) is 6.54 Å². The van der Waals surface area contributed by atoms with Crippen LogP contribution in [0.3, 0.4) is 0 Å². The average molecular weight is 312 g/mol. The lowest BCUT2D eigenvalue weighted by atomic mass is 10.2. The average Bonchev–Trinajstić information content (AvgIpc) is 2.73. The Hall–Kier alpha value is -1.89. The van der Waals surface area contributed by atoms with E-state index in [0.717, 1.165) is 0 Å². The fourth-order valence-corrected chi connectivity index (χ4v) is 1.80. The molecule has 0 spiro atoms. The highest BCUT2D eigenvalue weighted by atomic mass is 79.9. The number of nitrogens with one attached hydrogen (secondary N) is 1. The second-order valence-corrected chi connectivity index (χ2v) is 4.49. The third-order valence-electron chi connectivity index (χ3n) is 2.22. The third-order valence-corrected chi connectivity index (χ3v) is 2.71. The van der Waals surface area contributed by atoms with Crippen molar-refractivity contribution in [1.82, 2.24) is 10.1 Å². The molecule has 0 fully saturated rings. The maximum atomic E-state index is 11.1. The maximum absolute atomic E-state index is 11.1. The molecule has 2 N–H and O–H groups in total. The molecule has 1 heterocycles. The lowest BCUT2D eigenvalue weighted by Gasteiger charge is -2.07. The molecule has 1 aromatic heterocycles. The minimum Gasteiger partial charge on any atom is -0.478 e. The Morgan fingerprint density at radius 1 is 1.56 bits per heavy atom. The molecule has 2 rings (SSSR count). The van der Waals surface area contributed by atoms with Crippen molar-refractivity contribution in [2.75, 3.05) is 5.32 Å². The van der Waals surface area contributed by atoms with E-state index in [1.165, 1.54) is 6.07 Å². The monoisotopic (exact) mass is 311 g/mol. The Kier molecular flexibility index (Phi) is 3.61. The minimum atomic E-state index is -0.997. The molecule has 0 aliphatic carbocycles. The first kappa shape index (κ1) is 12.6. The summed E-state index contributed by atoms with van der Waals surface area (Å²) in [4.78, 5) is 15.1. The zero-order chi connectivity index (χ0) is 13.1. The van der Waals surface area contributed by atoms with Crippen LogP contribution in [0.5, 0.6) is 0 Å². The number of rotatable bonds is 4. The van der Waals surface area contributed by atoms with Gasteiger partial charge in [-0.15, -0.1) is 0 Å². The SMILES string of the molecule is Cc1nc(CNc2ccc(Br)cc2C(=O)O)no1. The smallest absolute Gasteiger partial charge is 0.337 e. The summed E-state index contributed by atoms with van der Waals surface area (Å²) in [5.41, 5.74) is 0.692. The molecule has 0 saturated carbocycles. The third kappa shape index (κ3) is 2.86. The lowest BCUT2D eigenvalue weighted by molar-refractivity contribution is 0.0698. The summed E-state index contributed by atoms with van der Waals surface area (Å²) >= 11 is 3.23. The molecule has 0 atom stereocenters. The molecule has 0 aliphatic heterocycles. The van der Waals surface area contributed by atoms with E-state index in [1.807, 2.05) is 0 Å². The van der Waals surface area contributed by atoms with Crippen molar-refractivity contribution in [3.63, 3.8) is 0 Å². The topological polar surface area (TPSA) is 88.2 Å². The summed E-state index contributed by atoms with van der Waals surface area (Å²) < 4.78 is 5.53. The fourth-order valence-electron chi connectivity index (χ4n) is 1.43. The molecule has 0 saturated heterocycles. The number of benzene rings is 1. The van der Waals surface area contributed by atoms with Crippen molar-refractivity contribution >= 4 is 27.6 Å². The van der Waals surface area contributed by atoms with E-state index in [0.29, 0.717) is 28.4 Å². The molecule has 18 heavy (non-hydrogen) atoms. The number of aryl methyl sites for hydroxylation is 1. The van der Waals surface area contributed by atoms with Gasteiger partial charge in [0.25, 0.3) is 0 Å². The molecule has 2 aromatic rings. The van der Waals surface area contributed by atoms with E-state index in [-0.39, 0.29) is 5.56 Å². The summed E-state index contributed by atoms with van der Waals surface area (Å²) in [6.45, 7) is 2.00. The largest absolute Gasteiger partial charge is 0.478 e. The van der Waals surface area contributed by atoms with E-state index in [9.17, 15) is 4.79 Å². The van der Waals surface area contributed by atoms with Crippen LogP contribution in [0.15, 0.2) is 27.2 Å². The van der Waals surface area contributed by atoms with Gasteiger partial charge in [0.1, 0.15) is 0 Å². The van der Waals surface area contributed by atoms with Gasteiger partial charge in [0.15, 0.2) is 5.82 Å². The number of hydrogen-bond acceptors (Lipinski definition) is 5. The normalized spacial score (nSPS) is 10.3. The summed E-state index contributed by atoms with van der Waals surface area (Å²) in [5, 5.41) is 15.8. The molecule has 7 heteroatoms. The number of carboxylic acids is 1. The lowest BCUT2D eigenvalue weighted by Crippen LogP contribution is -2.07. The van der Waals surface area contributed by atoms with Crippen molar-refractivity contribution in [2.24, 2.45) is 0 Å². The van der Waals surface area contributed by atoms with Gasteiger partial charge in [0, 0.05) is 17.1 Å². The van der Waals surface area contributed by atoms with Crippen molar-refractivity contribution in [3.05, 3.63) is 40.0 Å². The number of carbonyl (C=O) groups is 1. The van der Waals surface area contributed by atoms with Crippen molar-refractivity contribution < 1.29 is 14.4 Å². The van der Waals surface area contributed by atoms with Crippen LogP contribution < -0.4 is 5.32 Å². The second kappa shape index (κ2) is 5.18. The standard InChI is InChI=1S/C11H10BrN3O3/c1-6-14-10(15-18-6)5-13-9-3-2-7(12)4-8(9)11(16)17/h2-4,13H,5H2,1H3,(H,16,17). The highest BCUT2D eigenvalue weighted by Crippen LogP contribution is 2.21. The maximum Gasteiger partial charge on any atom is 0.337 e. The zero-order valence-corrected chi connectivity index (χ0v) is 11.1. The van der Waals surface area contributed by atoms with E-state index < -0.39 is 5.97 Å². The van der Waals surface area contributed by atoms with Crippen molar-refractivity contribution in [3.8, 4) is 0 Å². The fraction of sp³-hybridized carbons (Fsp3) is 0.182. The first-order chi connectivity index (χ1) is 8.56. The van der Waals surface area contributed by atoms with Crippen LogP contribution in [0.25, 0.3) is 0 Å². The summed E-state index contributed by atoms with van der Waals surface area (Å²) in [5.74, 6) is -0.0454. The predicted octanol–water partition coefficient (Wildman–Crippen LogP) is 2.45. The number of anilines is 1. The Morgan fingerprint density at radius 2 is 2.33 bits per heavy atom. The molecular weight excluding hydrogens is 302 g/mol. The van der Waals surface area contributed by atoms with Crippen molar-refractivity contribution in [1.29, 1.82) is 0 Å². The van der Waals surface area contributed by atoms with Gasteiger partial charge in [-0.25, -0.2) is 4.79 Å². The number of halogens is 1. The molecule has 0 aliphatic rings. The quantitative estimate of drug-likeness (QED) is 0.901. The molecule has 6 nitrogen and oxygen atoms in total. The van der Waals surface area contributed by atoms with Gasteiger partial charge in [0.2, 0.25) is 5.89 Å². The molecule has 0 amide bonds. The highest BCUT2D eigenvalue weighted by Gasteiger charge is 2.11. The zero-order valence-electron chi connectivity index (χ0n) is 9.48. The van der Waals surface area contributed by atoms with Crippen molar-refractivity contribution in [2.45, 2.75) is 13.5 Å². The molecule has 1 aromatic carbocycles. The second-order valence-electron chi connectivity index (χ2n) is 3.58. The molecule has 0 bridgehead atoms. The van der Waals surface area contributed by atoms with Crippen LogP contribution in [0, 0.1) is 6.92 Å². The molecule has 0 unspecified atom stereocenters. The predicted molar refractivity (Wildman–Crippen MR) is 67.5 cm³/mol. The number of aromatic carboxylic acids is 1. The van der Waals surface area contributed by atoms with Crippen LogP contribution in [-0.4, -0.2) is 21.2 Å². The summed E-state index contributed by atoms with van der Waals surface area (Å²) in [7, 11) is 0. The van der Waals surface area contributed by atoms with Gasteiger partial charge in [0.05, 0.1) is 12.1 Å². The van der Waals surface area contributed by atoms with E-state index >= 15 is 0 Å². The van der Waals surface area contributed by atoms with Crippen LogP contribution in [0.4, 0.5) is 5.69 Å². The van der Waals surface area contributed by atoms with E-state index in [2.05, 4.69) is 31.4 Å².